The zero-order chi connectivity index (χ0) is 16.3. The van der Waals surface area contributed by atoms with Gasteiger partial charge in [0.05, 0.1) is 28.4 Å². The maximum Gasteiger partial charge on any atom is 0.495 e. The Labute approximate surface area is 130 Å². The van der Waals surface area contributed by atoms with Crippen LogP contribution in [0.25, 0.3) is 10.9 Å². The predicted octanol–water partition coefficient (Wildman–Crippen LogP) is 1.54. The van der Waals surface area contributed by atoms with E-state index in [1.807, 2.05) is 46.8 Å². The number of nitrogens with zero attached hydrogens (tertiary/aromatic N) is 2. The van der Waals surface area contributed by atoms with Gasteiger partial charge < -0.3 is 13.9 Å². The molecule has 1 fully saturated rings. The Morgan fingerprint density at radius 2 is 1.73 bits per heavy atom. The van der Waals surface area contributed by atoms with E-state index in [0.717, 1.165) is 11.0 Å². The molecule has 0 saturated carbocycles. The second-order valence-corrected chi connectivity index (χ2v) is 6.92. The number of aromatic nitrogens is 2. The number of benzene rings is 1. The summed E-state index contributed by atoms with van der Waals surface area (Å²) in [7, 11) is 1.23. The average Bonchev–Trinajstić information content (AvgIpc) is 2.62. The van der Waals surface area contributed by atoms with Crippen molar-refractivity contribution >= 4 is 23.5 Å². The van der Waals surface area contributed by atoms with Gasteiger partial charge in [0.1, 0.15) is 0 Å². The van der Waals surface area contributed by atoms with Crippen molar-refractivity contribution < 1.29 is 9.31 Å². The predicted molar refractivity (Wildman–Crippen MR) is 87.4 cm³/mol. The highest BCUT2D eigenvalue weighted by molar-refractivity contribution is 6.63. The van der Waals surface area contributed by atoms with Crippen LogP contribution < -0.4 is 11.0 Å². The topological polar surface area (TPSA) is 53.4 Å². The van der Waals surface area contributed by atoms with Crippen molar-refractivity contribution in [3.8, 4) is 0 Å². The molecule has 2 heterocycles. The molecule has 0 atom stereocenters. The third-order valence-electron chi connectivity index (χ3n) is 4.90. The van der Waals surface area contributed by atoms with Crippen molar-refractivity contribution in [3.05, 3.63) is 34.4 Å². The summed E-state index contributed by atoms with van der Waals surface area (Å²) in [5.41, 5.74) is 1.58. The minimum atomic E-state index is -0.473. The summed E-state index contributed by atoms with van der Waals surface area (Å²) in [4.78, 5) is 16.7. The maximum atomic E-state index is 12.4. The smallest absolute Gasteiger partial charge is 0.399 e. The second kappa shape index (κ2) is 4.67. The first-order valence-electron chi connectivity index (χ1n) is 7.44. The van der Waals surface area contributed by atoms with Crippen molar-refractivity contribution in [1.82, 2.24) is 9.55 Å². The van der Waals surface area contributed by atoms with Gasteiger partial charge in [-0.15, -0.1) is 0 Å². The SMILES string of the molecule is Cc1c(B2OC(C)(C)C(C)(C)O2)ccc2ncn(C)c(=O)c12. The first-order chi connectivity index (χ1) is 10.1. The van der Waals surface area contributed by atoms with Gasteiger partial charge >= 0.3 is 7.12 Å². The van der Waals surface area contributed by atoms with Gasteiger partial charge in [-0.3, -0.25) is 4.79 Å². The Hall–Kier alpha value is -1.66. The Morgan fingerprint density at radius 3 is 2.32 bits per heavy atom. The van der Waals surface area contributed by atoms with Gasteiger partial charge in [-0.05, 0) is 51.7 Å². The van der Waals surface area contributed by atoms with E-state index in [0.29, 0.717) is 10.9 Å². The fraction of sp³-hybridized carbons (Fsp3) is 0.500. The Morgan fingerprint density at radius 1 is 1.14 bits per heavy atom. The zero-order valence-electron chi connectivity index (χ0n) is 13.9. The molecule has 2 aromatic rings. The van der Waals surface area contributed by atoms with Crippen LogP contribution in [0.5, 0.6) is 0 Å². The van der Waals surface area contributed by atoms with Crippen LogP contribution in [-0.4, -0.2) is 27.9 Å². The molecule has 1 aromatic carbocycles. The molecule has 3 rings (SSSR count). The molecule has 0 aliphatic carbocycles. The van der Waals surface area contributed by atoms with Crippen LogP contribution in [-0.2, 0) is 16.4 Å². The number of fused-ring (bicyclic) bond motifs is 1. The van der Waals surface area contributed by atoms with E-state index in [2.05, 4.69) is 4.98 Å². The number of hydrogen-bond donors (Lipinski definition) is 0. The van der Waals surface area contributed by atoms with Crippen molar-refractivity contribution in [3.63, 3.8) is 0 Å². The summed E-state index contributed by atoms with van der Waals surface area (Å²) < 4.78 is 13.7. The van der Waals surface area contributed by atoms with Gasteiger partial charge in [0, 0.05) is 7.05 Å². The van der Waals surface area contributed by atoms with Crippen LogP contribution >= 0.6 is 0 Å². The van der Waals surface area contributed by atoms with Gasteiger partial charge in [0.15, 0.2) is 0 Å². The number of rotatable bonds is 1. The largest absolute Gasteiger partial charge is 0.495 e. The molecule has 22 heavy (non-hydrogen) atoms. The third kappa shape index (κ3) is 2.09. The fourth-order valence-corrected chi connectivity index (χ4v) is 2.69. The molecule has 1 aliphatic rings. The van der Waals surface area contributed by atoms with Crippen molar-refractivity contribution in [2.75, 3.05) is 0 Å². The Kier molecular flexibility index (Phi) is 3.24. The molecule has 6 heteroatoms. The van der Waals surface area contributed by atoms with Crippen molar-refractivity contribution in [1.29, 1.82) is 0 Å². The van der Waals surface area contributed by atoms with Gasteiger partial charge in [0.2, 0.25) is 0 Å². The highest BCUT2D eigenvalue weighted by Crippen LogP contribution is 2.36. The molecule has 1 saturated heterocycles. The van der Waals surface area contributed by atoms with E-state index in [1.165, 1.54) is 4.57 Å². The molecule has 1 aliphatic heterocycles. The van der Waals surface area contributed by atoms with E-state index in [-0.39, 0.29) is 5.56 Å². The zero-order valence-corrected chi connectivity index (χ0v) is 13.9. The van der Waals surface area contributed by atoms with Gasteiger partial charge in [-0.2, -0.15) is 0 Å². The minimum absolute atomic E-state index is 0.0548. The number of aryl methyl sites for hydroxylation is 2. The van der Waals surface area contributed by atoms with Gasteiger partial charge in [0.25, 0.3) is 5.56 Å². The third-order valence-corrected chi connectivity index (χ3v) is 4.90. The molecule has 0 amide bonds. The van der Waals surface area contributed by atoms with Crippen LogP contribution in [0.3, 0.4) is 0 Å². The van der Waals surface area contributed by atoms with Crippen LogP contribution in [0.4, 0.5) is 0 Å². The summed E-state index contributed by atoms with van der Waals surface area (Å²) in [5, 5.41) is 0.622. The highest BCUT2D eigenvalue weighted by atomic mass is 16.7. The lowest BCUT2D eigenvalue weighted by atomic mass is 9.75. The minimum Gasteiger partial charge on any atom is -0.399 e. The molecule has 1 aromatic heterocycles. The van der Waals surface area contributed by atoms with Crippen molar-refractivity contribution in [2.24, 2.45) is 7.05 Å². The fourth-order valence-electron chi connectivity index (χ4n) is 2.69. The molecular formula is C16H21BN2O3. The first kappa shape index (κ1) is 15.2. The average molecular weight is 300 g/mol. The Balaban J connectivity index is 2.16. The summed E-state index contributed by atoms with van der Waals surface area (Å²) in [5.74, 6) is 0. The molecule has 0 N–H and O–H groups in total. The summed E-state index contributed by atoms with van der Waals surface area (Å²) in [6.45, 7) is 9.99. The second-order valence-electron chi connectivity index (χ2n) is 6.92. The molecule has 0 spiro atoms. The number of hydrogen-bond acceptors (Lipinski definition) is 4. The van der Waals surface area contributed by atoms with Crippen LogP contribution in [0.15, 0.2) is 23.3 Å². The van der Waals surface area contributed by atoms with E-state index >= 15 is 0 Å². The highest BCUT2D eigenvalue weighted by Gasteiger charge is 2.52. The molecule has 116 valence electrons. The van der Waals surface area contributed by atoms with Crippen LogP contribution in [0, 0.1) is 6.92 Å². The lowest BCUT2D eigenvalue weighted by molar-refractivity contribution is 0.00578. The van der Waals surface area contributed by atoms with Crippen molar-refractivity contribution in [2.45, 2.75) is 45.8 Å². The molecular weight excluding hydrogens is 279 g/mol. The lowest BCUT2D eigenvalue weighted by Crippen LogP contribution is -2.41. The van der Waals surface area contributed by atoms with Gasteiger partial charge in [-0.1, -0.05) is 6.07 Å². The van der Waals surface area contributed by atoms with Crippen LogP contribution in [0.2, 0.25) is 0 Å². The van der Waals surface area contributed by atoms with Crippen LogP contribution in [0.1, 0.15) is 33.3 Å². The van der Waals surface area contributed by atoms with E-state index < -0.39 is 18.3 Å². The standard InChI is InChI=1S/C16H21BN2O3/c1-10-11(17-21-15(2,3)16(4,5)22-17)7-8-12-13(10)14(20)19(6)9-18-12/h7-9H,1-6H3. The van der Waals surface area contributed by atoms with Gasteiger partial charge in [-0.25, -0.2) is 4.98 Å². The Bertz CT molecular complexity index is 795. The monoisotopic (exact) mass is 300 g/mol. The maximum absolute atomic E-state index is 12.4. The summed E-state index contributed by atoms with van der Waals surface area (Å²) in [6.07, 6.45) is 1.54. The lowest BCUT2D eigenvalue weighted by Gasteiger charge is -2.32. The molecule has 0 bridgehead atoms. The first-order valence-corrected chi connectivity index (χ1v) is 7.44. The molecule has 5 nitrogen and oxygen atoms in total. The van der Waals surface area contributed by atoms with E-state index in [9.17, 15) is 4.79 Å². The normalized spacial score (nSPS) is 19.8. The summed E-state index contributed by atoms with van der Waals surface area (Å²) in [6, 6.07) is 3.79. The quantitative estimate of drug-likeness (QED) is 0.750. The summed E-state index contributed by atoms with van der Waals surface area (Å²) >= 11 is 0. The van der Waals surface area contributed by atoms with E-state index in [1.54, 1.807) is 13.4 Å². The molecule has 0 radical (unpaired) electrons. The van der Waals surface area contributed by atoms with E-state index in [4.69, 9.17) is 9.31 Å². The molecule has 0 unspecified atom stereocenters.